The van der Waals surface area contributed by atoms with Crippen molar-refractivity contribution in [2.45, 2.75) is 26.3 Å². The number of nitrogens with zero attached hydrogens (tertiary/aromatic N) is 2. The SMILES string of the molecule is CC(C)N(C)S(=O)(=O)NCCCN1CCNCC1.Cl.Cl. The first-order valence-corrected chi connectivity index (χ1v) is 8.03. The van der Waals surface area contributed by atoms with Crippen LogP contribution >= 0.6 is 24.8 Å². The average Bonchev–Trinajstić information content (AvgIpc) is 2.35. The van der Waals surface area contributed by atoms with Crippen molar-refractivity contribution in [1.29, 1.82) is 0 Å². The average molecular weight is 351 g/mol. The molecule has 0 radical (unpaired) electrons. The minimum atomic E-state index is -3.31. The van der Waals surface area contributed by atoms with Gasteiger partial charge in [0.25, 0.3) is 10.2 Å². The van der Waals surface area contributed by atoms with Gasteiger partial charge in [-0.25, -0.2) is 4.72 Å². The topological polar surface area (TPSA) is 64.7 Å². The van der Waals surface area contributed by atoms with Crippen molar-refractivity contribution in [3.63, 3.8) is 0 Å². The van der Waals surface area contributed by atoms with Gasteiger partial charge in [-0.15, -0.1) is 24.8 Å². The smallest absolute Gasteiger partial charge is 0.279 e. The lowest BCUT2D eigenvalue weighted by atomic mass is 10.3. The van der Waals surface area contributed by atoms with E-state index in [2.05, 4.69) is 14.9 Å². The van der Waals surface area contributed by atoms with Crippen LogP contribution in [0, 0.1) is 0 Å². The van der Waals surface area contributed by atoms with Crippen LogP contribution in [0.15, 0.2) is 0 Å². The molecular formula is C11H28Cl2N4O2S. The first-order chi connectivity index (χ1) is 8.43. The van der Waals surface area contributed by atoms with Crippen molar-refractivity contribution in [2.75, 3.05) is 46.3 Å². The number of hydrogen-bond donors (Lipinski definition) is 2. The van der Waals surface area contributed by atoms with Gasteiger partial charge in [0.2, 0.25) is 0 Å². The number of nitrogens with one attached hydrogen (secondary N) is 2. The number of rotatable bonds is 7. The largest absolute Gasteiger partial charge is 0.314 e. The van der Waals surface area contributed by atoms with Gasteiger partial charge in [0.1, 0.15) is 0 Å². The highest BCUT2D eigenvalue weighted by molar-refractivity contribution is 7.87. The predicted molar refractivity (Wildman–Crippen MR) is 88.2 cm³/mol. The lowest BCUT2D eigenvalue weighted by Crippen LogP contribution is -2.45. The second-order valence-electron chi connectivity index (χ2n) is 4.95. The number of piperazine rings is 1. The van der Waals surface area contributed by atoms with Gasteiger partial charge in [0.15, 0.2) is 0 Å². The predicted octanol–water partition coefficient (Wildman–Crippen LogP) is 0.300. The van der Waals surface area contributed by atoms with Gasteiger partial charge in [-0.1, -0.05) is 0 Å². The summed E-state index contributed by atoms with van der Waals surface area (Å²) >= 11 is 0. The third kappa shape index (κ3) is 7.97. The maximum absolute atomic E-state index is 11.8. The molecule has 1 heterocycles. The first-order valence-electron chi connectivity index (χ1n) is 6.59. The zero-order valence-corrected chi connectivity index (χ0v) is 14.9. The molecule has 20 heavy (non-hydrogen) atoms. The summed E-state index contributed by atoms with van der Waals surface area (Å²) in [5.74, 6) is 0. The summed E-state index contributed by atoms with van der Waals surface area (Å²) in [6, 6.07) is -0.0179. The fraction of sp³-hybridized carbons (Fsp3) is 1.00. The molecule has 0 bridgehead atoms. The summed E-state index contributed by atoms with van der Waals surface area (Å²) in [5, 5.41) is 3.30. The molecule has 1 fully saturated rings. The minimum absolute atomic E-state index is 0. The van der Waals surface area contributed by atoms with Crippen LogP contribution in [0.2, 0.25) is 0 Å². The molecule has 0 spiro atoms. The molecule has 0 unspecified atom stereocenters. The van der Waals surface area contributed by atoms with Crippen LogP contribution in [0.3, 0.4) is 0 Å². The van der Waals surface area contributed by atoms with Crippen LogP contribution in [-0.4, -0.2) is 70.0 Å². The fourth-order valence-electron chi connectivity index (χ4n) is 1.82. The molecule has 0 saturated carbocycles. The highest BCUT2D eigenvalue weighted by Gasteiger charge is 2.19. The summed E-state index contributed by atoms with van der Waals surface area (Å²) in [6.45, 7) is 9.35. The maximum atomic E-state index is 11.8. The van der Waals surface area contributed by atoms with E-state index in [-0.39, 0.29) is 30.9 Å². The number of halogens is 2. The third-order valence-corrected chi connectivity index (χ3v) is 5.00. The van der Waals surface area contributed by atoms with Crippen LogP contribution in [0.1, 0.15) is 20.3 Å². The normalized spacial score (nSPS) is 16.9. The van der Waals surface area contributed by atoms with E-state index in [9.17, 15) is 8.42 Å². The van der Waals surface area contributed by atoms with E-state index in [0.29, 0.717) is 6.54 Å². The van der Waals surface area contributed by atoms with Gasteiger partial charge in [-0.2, -0.15) is 12.7 Å². The molecule has 1 aliphatic heterocycles. The Kier molecular flexibility index (Phi) is 12.5. The van der Waals surface area contributed by atoms with Crippen LogP contribution in [0.25, 0.3) is 0 Å². The molecule has 9 heteroatoms. The van der Waals surface area contributed by atoms with Gasteiger partial charge in [0, 0.05) is 45.8 Å². The molecule has 0 amide bonds. The monoisotopic (exact) mass is 350 g/mol. The van der Waals surface area contributed by atoms with Gasteiger partial charge in [-0.3, -0.25) is 0 Å². The van der Waals surface area contributed by atoms with Crippen LogP contribution in [0.5, 0.6) is 0 Å². The Bertz CT molecular complexity index is 335. The van der Waals surface area contributed by atoms with Crippen LogP contribution in [0.4, 0.5) is 0 Å². The molecule has 6 nitrogen and oxygen atoms in total. The van der Waals surface area contributed by atoms with E-state index in [0.717, 1.165) is 39.1 Å². The Labute approximate surface area is 135 Å². The summed E-state index contributed by atoms with van der Waals surface area (Å²) in [7, 11) is -1.71. The van der Waals surface area contributed by atoms with Gasteiger partial charge >= 0.3 is 0 Å². The van der Waals surface area contributed by atoms with Crippen molar-refractivity contribution in [2.24, 2.45) is 0 Å². The van der Waals surface area contributed by atoms with Crippen molar-refractivity contribution in [3.8, 4) is 0 Å². The molecule has 1 aliphatic rings. The number of hydrogen-bond acceptors (Lipinski definition) is 4. The fourth-order valence-corrected chi connectivity index (χ4v) is 2.98. The Morgan fingerprint density at radius 2 is 1.80 bits per heavy atom. The lowest BCUT2D eigenvalue weighted by molar-refractivity contribution is 0.239. The van der Waals surface area contributed by atoms with Crippen LogP contribution < -0.4 is 10.0 Å². The first kappa shape index (κ1) is 22.6. The Balaban J connectivity index is 0. The van der Waals surface area contributed by atoms with E-state index in [1.165, 1.54) is 4.31 Å². The molecule has 0 aromatic rings. The van der Waals surface area contributed by atoms with Crippen molar-refractivity contribution < 1.29 is 8.42 Å². The second-order valence-corrected chi connectivity index (χ2v) is 6.77. The van der Waals surface area contributed by atoms with Gasteiger partial charge < -0.3 is 10.2 Å². The van der Waals surface area contributed by atoms with Gasteiger partial charge in [0.05, 0.1) is 0 Å². The Hall–Kier alpha value is 0.370. The van der Waals surface area contributed by atoms with E-state index in [1.54, 1.807) is 7.05 Å². The quantitative estimate of drug-likeness (QED) is 0.648. The second kappa shape index (κ2) is 11.0. The third-order valence-electron chi connectivity index (χ3n) is 3.25. The van der Waals surface area contributed by atoms with Crippen LogP contribution in [-0.2, 0) is 10.2 Å². The summed E-state index contributed by atoms with van der Waals surface area (Å²) in [6.07, 6.45) is 0.852. The van der Waals surface area contributed by atoms with Gasteiger partial charge in [-0.05, 0) is 26.8 Å². The molecule has 1 rings (SSSR count). The zero-order valence-electron chi connectivity index (χ0n) is 12.5. The molecule has 0 aliphatic carbocycles. The highest BCUT2D eigenvalue weighted by atomic mass is 35.5. The lowest BCUT2D eigenvalue weighted by Gasteiger charge is -2.27. The molecule has 1 saturated heterocycles. The highest BCUT2D eigenvalue weighted by Crippen LogP contribution is 2.01. The van der Waals surface area contributed by atoms with Crippen molar-refractivity contribution in [3.05, 3.63) is 0 Å². The zero-order chi connectivity index (χ0) is 13.6. The maximum Gasteiger partial charge on any atom is 0.279 e. The van der Waals surface area contributed by atoms with E-state index in [4.69, 9.17) is 0 Å². The molecule has 0 aromatic heterocycles. The molecule has 2 N–H and O–H groups in total. The van der Waals surface area contributed by atoms with E-state index < -0.39 is 10.2 Å². The minimum Gasteiger partial charge on any atom is -0.314 e. The summed E-state index contributed by atoms with van der Waals surface area (Å²) in [5.41, 5.74) is 0. The van der Waals surface area contributed by atoms with Crippen molar-refractivity contribution >= 4 is 35.0 Å². The Morgan fingerprint density at radius 3 is 2.30 bits per heavy atom. The summed E-state index contributed by atoms with van der Waals surface area (Å²) < 4.78 is 27.6. The molecule has 124 valence electrons. The van der Waals surface area contributed by atoms with Crippen molar-refractivity contribution in [1.82, 2.24) is 19.2 Å². The van der Waals surface area contributed by atoms with E-state index in [1.807, 2.05) is 13.8 Å². The standard InChI is InChI=1S/C11H26N4O2S.2ClH/c1-11(2)14(3)18(16,17)13-5-4-8-15-9-6-12-7-10-15;;/h11-13H,4-10H2,1-3H3;2*1H. The molecule has 0 atom stereocenters. The summed E-state index contributed by atoms with van der Waals surface area (Å²) in [4.78, 5) is 2.36. The molecule has 0 aromatic carbocycles. The molecular weight excluding hydrogens is 323 g/mol. The Morgan fingerprint density at radius 1 is 1.25 bits per heavy atom. The van der Waals surface area contributed by atoms with E-state index >= 15 is 0 Å².